The molecule has 1 aliphatic rings. The molecule has 2 rings (SSSR count). The number of rotatable bonds is 4. The Kier molecular flexibility index (Phi) is 6.26. The van der Waals surface area contributed by atoms with Crippen LogP contribution >= 0.6 is 31.9 Å². The van der Waals surface area contributed by atoms with Crippen molar-refractivity contribution in [2.45, 2.75) is 13.0 Å². The van der Waals surface area contributed by atoms with Gasteiger partial charge in [-0.25, -0.2) is 4.39 Å². The molecule has 1 heterocycles. The molecule has 0 amide bonds. The molecule has 1 aromatic rings. The average Bonchev–Trinajstić information content (AvgIpc) is 2.61. The summed E-state index contributed by atoms with van der Waals surface area (Å²) in [5, 5.41) is 1.03. The topological polar surface area (TPSA) is 6.48 Å². The first-order valence-electron chi connectivity index (χ1n) is 6.64. The standard InChI is InChI=1S/C14H19Br2FN2/c15-5-8-18-6-2-7-19(10-9-18)11-12-3-1-4-13(17)14(12)16/h1,3-4H,2,5-11H2. The maximum absolute atomic E-state index is 13.5. The number of hydrogen-bond acceptors (Lipinski definition) is 2. The summed E-state index contributed by atoms with van der Waals surface area (Å²) in [6, 6.07) is 5.27. The summed E-state index contributed by atoms with van der Waals surface area (Å²) in [6.45, 7) is 6.32. The van der Waals surface area contributed by atoms with Gasteiger partial charge in [0.15, 0.2) is 0 Å². The third-order valence-electron chi connectivity index (χ3n) is 3.51. The van der Waals surface area contributed by atoms with E-state index < -0.39 is 0 Å². The fourth-order valence-electron chi connectivity index (χ4n) is 2.44. The van der Waals surface area contributed by atoms with Crippen LogP contribution in [0.25, 0.3) is 0 Å². The van der Waals surface area contributed by atoms with Gasteiger partial charge in [-0.1, -0.05) is 28.1 Å². The second-order valence-corrected chi connectivity index (χ2v) is 6.46. The molecule has 1 fully saturated rings. The fraction of sp³-hybridized carbons (Fsp3) is 0.571. The van der Waals surface area contributed by atoms with E-state index in [9.17, 15) is 4.39 Å². The van der Waals surface area contributed by atoms with Crippen molar-refractivity contribution in [3.63, 3.8) is 0 Å². The van der Waals surface area contributed by atoms with Crippen molar-refractivity contribution in [2.75, 3.05) is 38.1 Å². The molecule has 106 valence electrons. The van der Waals surface area contributed by atoms with Crippen LogP contribution in [0, 0.1) is 5.82 Å². The smallest absolute Gasteiger partial charge is 0.137 e. The lowest BCUT2D eigenvalue weighted by atomic mass is 10.2. The molecule has 2 nitrogen and oxygen atoms in total. The number of nitrogens with zero attached hydrogens (tertiary/aromatic N) is 2. The van der Waals surface area contributed by atoms with E-state index in [0.717, 1.165) is 50.2 Å². The van der Waals surface area contributed by atoms with Crippen LogP contribution in [0.15, 0.2) is 22.7 Å². The average molecular weight is 394 g/mol. The fourth-order valence-corrected chi connectivity index (χ4v) is 3.33. The Balaban J connectivity index is 1.94. The van der Waals surface area contributed by atoms with Gasteiger partial charge in [0.1, 0.15) is 5.82 Å². The molecule has 0 unspecified atom stereocenters. The zero-order chi connectivity index (χ0) is 13.7. The molecule has 0 saturated carbocycles. The molecule has 0 aromatic heterocycles. The van der Waals surface area contributed by atoms with Crippen LogP contribution in [0.5, 0.6) is 0 Å². The molecule has 1 aromatic carbocycles. The third kappa shape index (κ3) is 4.52. The number of benzene rings is 1. The van der Waals surface area contributed by atoms with Gasteiger partial charge < -0.3 is 4.90 Å². The highest BCUT2D eigenvalue weighted by Crippen LogP contribution is 2.22. The molecule has 1 saturated heterocycles. The summed E-state index contributed by atoms with van der Waals surface area (Å²) < 4.78 is 14.1. The van der Waals surface area contributed by atoms with Crippen molar-refractivity contribution in [2.24, 2.45) is 0 Å². The van der Waals surface area contributed by atoms with Gasteiger partial charge in [-0.15, -0.1) is 0 Å². The first kappa shape index (κ1) is 15.4. The van der Waals surface area contributed by atoms with Crippen molar-refractivity contribution < 1.29 is 4.39 Å². The van der Waals surface area contributed by atoms with Gasteiger partial charge in [-0.2, -0.15) is 0 Å². The third-order valence-corrected chi connectivity index (χ3v) is 4.75. The second-order valence-electron chi connectivity index (χ2n) is 4.87. The van der Waals surface area contributed by atoms with E-state index in [1.54, 1.807) is 6.07 Å². The molecule has 0 atom stereocenters. The largest absolute Gasteiger partial charge is 0.301 e. The highest BCUT2D eigenvalue weighted by molar-refractivity contribution is 9.10. The molecule has 0 N–H and O–H groups in total. The van der Waals surface area contributed by atoms with E-state index in [-0.39, 0.29) is 5.82 Å². The molecule has 0 aliphatic carbocycles. The van der Waals surface area contributed by atoms with Crippen LogP contribution in [-0.2, 0) is 6.54 Å². The van der Waals surface area contributed by atoms with Gasteiger partial charge >= 0.3 is 0 Å². The minimum atomic E-state index is -0.173. The Morgan fingerprint density at radius 2 is 1.84 bits per heavy atom. The minimum absolute atomic E-state index is 0.173. The summed E-state index contributed by atoms with van der Waals surface area (Å²) in [4.78, 5) is 4.89. The Bertz CT molecular complexity index is 414. The Labute approximate surface area is 131 Å². The predicted octanol–water partition coefficient (Wildman–Crippen LogP) is 3.49. The zero-order valence-corrected chi connectivity index (χ0v) is 14.1. The van der Waals surface area contributed by atoms with E-state index in [4.69, 9.17) is 0 Å². The number of alkyl halides is 1. The van der Waals surface area contributed by atoms with E-state index >= 15 is 0 Å². The van der Waals surface area contributed by atoms with E-state index in [1.807, 2.05) is 6.07 Å². The van der Waals surface area contributed by atoms with Crippen LogP contribution in [0.3, 0.4) is 0 Å². The summed E-state index contributed by atoms with van der Waals surface area (Å²) >= 11 is 6.84. The zero-order valence-electron chi connectivity index (χ0n) is 10.9. The maximum Gasteiger partial charge on any atom is 0.137 e. The van der Waals surface area contributed by atoms with Crippen LogP contribution in [0.4, 0.5) is 4.39 Å². The molecule has 1 aliphatic heterocycles. The second kappa shape index (κ2) is 7.72. The van der Waals surface area contributed by atoms with Crippen molar-refractivity contribution in [3.8, 4) is 0 Å². The van der Waals surface area contributed by atoms with Gasteiger partial charge in [-0.05, 0) is 47.1 Å². The number of halogens is 3. The van der Waals surface area contributed by atoms with Crippen molar-refractivity contribution in [3.05, 3.63) is 34.1 Å². The van der Waals surface area contributed by atoms with Gasteiger partial charge in [0.05, 0.1) is 4.47 Å². The SMILES string of the molecule is Fc1cccc(CN2CCCN(CCBr)CC2)c1Br. The summed E-state index contributed by atoms with van der Waals surface area (Å²) in [5.41, 5.74) is 1.04. The lowest BCUT2D eigenvalue weighted by Crippen LogP contribution is -2.31. The van der Waals surface area contributed by atoms with E-state index in [2.05, 4.69) is 41.7 Å². The van der Waals surface area contributed by atoms with Gasteiger partial charge in [0, 0.05) is 31.5 Å². The highest BCUT2D eigenvalue weighted by atomic mass is 79.9. The van der Waals surface area contributed by atoms with Crippen molar-refractivity contribution in [1.29, 1.82) is 0 Å². The monoisotopic (exact) mass is 392 g/mol. The van der Waals surface area contributed by atoms with E-state index in [1.165, 1.54) is 12.5 Å². The minimum Gasteiger partial charge on any atom is -0.301 e. The van der Waals surface area contributed by atoms with Crippen LogP contribution < -0.4 is 0 Å². The van der Waals surface area contributed by atoms with Crippen LogP contribution in [-0.4, -0.2) is 47.9 Å². The molecule has 0 radical (unpaired) electrons. The van der Waals surface area contributed by atoms with Crippen molar-refractivity contribution >= 4 is 31.9 Å². The number of hydrogen-bond donors (Lipinski definition) is 0. The predicted molar refractivity (Wildman–Crippen MR) is 84.2 cm³/mol. The summed E-state index contributed by atoms with van der Waals surface area (Å²) in [7, 11) is 0. The lowest BCUT2D eigenvalue weighted by molar-refractivity contribution is 0.258. The first-order valence-corrected chi connectivity index (χ1v) is 8.55. The quantitative estimate of drug-likeness (QED) is 0.722. The molecule has 5 heteroatoms. The van der Waals surface area contributed by atoms with Gasteiger partial charge in [0.25, 0.3) is 0 Å². The Morgan fingerprint density at radius 3 is 2.63 bits per heavy atom. The highest BCUT2D eigenvalue weighted by Gasteiger charge is 2.16. The Hall–Kier alpha value is 0.0300. The normalized spacial score (nSPS) is 18.5. The molecule has 19 heavy (non-hydrogen) atoms. The van der Waals surface area contributed by atoms with Crippen LogP contribution in [0.2, 0.25) is 0 Å². The Morgan fingerprint density at radius 1 is 1.11 bits per heavy atom. The molecular weight excluding hydrogens is 375 g/mol. The molecule has 0 bridgehead atoms. The lowest BCUT2D eigenvalue weighted by Gasteiger charge is -2.21. The van der Waals surface area contributed by atoms with Gasteiger partial charge in [-0.3, -0.25) is 4.90 Å². The molecule has 0 spiro atoms. The van der Waals surface area contributed by atoms with Gasteiger partial charge in [0.2, 0.25) is 0 Å². The summed E-state index contributed by atoms with van der Waals surface area (Å²) in [5.74, 6) is -0.173. The van der Waals surface area contributed by atoms with Crippen molar-refractivity contribution in [1.82, 2.24) is 9.80 Å². The summed E-state index contributed by atoms with van der Waals surface area (Å²) in [6.07, 6.45) is 1.18. The molecular formula is C14H19Br2FN2. The van der Waals surface area contributed by atoms with E-state index in [0.29, 0.717) is 4.47 Å². The maximum atomic E-state index is 13.5. The first-order chi connectivity index (χ1) is 9.20. The van der Waals surface area contributed by atoms with Crippen LogP contribution in [0.1, 0.15) is 12.0 Å².